The number of nitrogens with zero attached hydrogens (tertiary/aromatic N) is 1. The van der Waals surface area contributed by atoms with E-state index in [9.17, 15) is 0 Å². The normalized spacial score (nSPS) is 21.1. The fourth-order valence-electron chi connectivity index (χ4n) is 2.25. The maximum absolute atomic E-state index is 9.07. The highest BCUT2D eigenvalue weighted by Crippen LogP contribution is 2.24. The van der Waals surface area contributed by atoms with Gasteiger partial charge in [0.25, 0.3) is 0 Å². The van der Waals surface area contributed by atoms with Crippen LogP contribution in [0.1, 0.15) is 12.0 Å². The minimum atomic E-state index is 0.219. The van der Waals surface area contributed by atoms with Gasteiger partial charge in [-0.2, -0.15) is 0 Å². The average molecular weight is 221 g/mol. The van der Waals surface area contributed by atoms with E-state index in [0.717, 1.165) is 26.2 Å². The van der Waals surface area contributed by atoms with Crippen LogP contribution in [0.3, 0.4) is 0 Å². The van der Waals surface area contributed by atoms with Crippen LogP contribution in [-0.2, 0) is 4.74 Å². The van der Waals surface area contributed by atoms with Gasteiger partial charge in [-0.1, -0.05) is 18.2 Å². The third-order valence-electron chi connectivity index (χ3n) is 3.11. The molecule has 0 radical (unpaired) electrons. The van der Waals surface area contributed by atoms with Gasteiger partial charge < -0.3 is 14.7 Å². The highest BCUT2D eigenvalue weighted by molar-refractivity contribution is 5.54. The molecule has 1 aromatic rings. The Bertz CT molecular complexity index is 338. The van der Waals surface area contributed by atoms with Gasteiger partial charge in [-0.3, -0.25) is 0 Å². The van der Waals surface area contributed by atoms with Gasteiger partial charge >= 0.3 is 0 Å². The van der Waals surface area contributed by atoms with E-state index >= 15 is 0 Å². The van der Waals surface area contributed by atoms with Gasteiger partial charge in [0.1, 0.15) is 0 Å². The molecule has 88 valence electrons. The van der Waals surface area contributed by atoms with Crippen molar-refractivity contribution in [3.05, 3.63) is 29.8 Å². The third-order valence-corrected chi connectivity index (χ3v) is 3.11. The molecule has 1 aliphatic heterocycles. The van der Waals surface area contributed by atoms with Gasteiger partial charge in [-0.25, -0.2) is 0 Å². The van der Waals surface area contributed by atoms with Crippen molar-refractivity contribution in [3.8, 4) is 0 Å². The molecule has 16 heavy (non-hydrogen) atoms. The molecule has 1 N–H and O–H groups in total. The van der Waals surface area contributed by atoms with Crippen LogP contribution in [0.2, 0.25) is 0 Å². The van der Waals surface area contributed by atoms with Crippen LogP contribution in [0, 0.1) is 6.92 Å². The summed E-state index contributed by atoms with van der Waals surface area (Å²) < 4.78 is 5.47. The number of anilines is 1. The van der Waals surface area contributed by atoms with Crippen LogP contribution in [0.5, 0.6) is 0 Å². The lowest BCUT2D eigenvalue weighted by molar-refractivity contribution is 0.0849. The molecule has 2 rings (SSSR count). The first-order chi connectivity index (χ1) is 7.83. The molecule has 0 saturated carbocycles. The van der Waals surface area contributed by atoms with Crippen molar-refractivity contribution in [1.29, 1.82) is 0 Å². The Hall–Kier alpha value is -1.06. The van der Waals surface area contributed by atoms with Gasteiger partial charge in [0.15, 0.2) is 0 Å². The largest absolute Gasteiger partial charge is 0.396 e. The fourth-order valence-corrected chi connectivity index (χ4v) is 2.25. The van der Waals surface area contributed by atoms with Gasteiger partial charge in [0.2, 0.25) is 0 Å². The smallest absolute Gasteiger partial charge is 0.0671 e. The Kier molecular flexibility index (Phi) is 3.80. The molecule has 1 unspecified atom stereocenters. The predicted molar refractivity (Wildman–Crippen MR) is 64.8 cm³/mol. The van der Waals surface area contributed by atoms with E-state index in [4.69, 9.17) is 9.84 Å². The van der Waals surface area contributed by atoms with Gasteiger partial charge in [-0.15, -0.1) is 0 Å². The highest BCUT2D eigenvalue weighted by Gasteiger charge is 2.23. The van der Waals surface area contributed by atoms with Crippen molar-refractivity contribution >= 4 is 5.69 Å². The summed E-state index contributed by atoms with van der Waals surface area (Å²) in [5, 5.41) is 9.07. The number of benzene rings is 1. The van der Waals surface area contributed by atoms with Gasteiger partial charge in [-0.05, 0) is 25.0 Å². The molecule has 1 saturated heterocycles. The molecule has 3 nitrogen and oxygen atoms in total. The first kappa shape index (κ1) is 11.4. The van der Waals surface area contributed by atoms with E-state index in [1.54, 1.807) is 0 Å². The maximum atomic E-state index is 9.07. The summed E-state index contributed by atoms with van der Waals surface area (Å²) in [6.07, 6.45) is 0.772. The van der Waals surface area contributed by atoms with E-state index in [1.165, 1.54) is 11.3 Å². The fraction of sp³-hybridized carbons (Fsp3) is 0.538. The van der Waals surface area contributed by atoms with Crippen LogP contribution in [0.25, 0.3) is 0 Å². The number of morpholine rings is 1. The van der Waals surface area contributed by atoms with Crippen LogP contribution in [0.15, 0.2) is 24.3 Å². The second-order valence-corrected chi connectivity index (χ2v) is 4.22. The number of aliphatic hydroxyl groups is 1. The molecule has 1 aliphatic rings. The first-order valence-corrected chi connectivity index (χ1v) is 5.84. The molecule has 1 heterocycles. The van der Waals surface area contributed by atoms with Crippen LogP contribution >= 0.6 is 0 Å². The molecule has 1 atom stereocenters. The number of rotatable bonds is 3. The van der Waals surface area contributed by atoms with Gasteiger partial charge in [0.05, 0.1) is 19.3 Å². The minimum Gasteiger partial charge on any atom is -0.396 e. The summed E-state index contributed by atoms with van der Waals surface area (Å²) >= 11 is 0. The van der Waals surface area contributed by atoms with E-state index in [1.807, 2.05) is 0 Å². The summed E-state index contributed by atoms with van der Waals surface area (Å²) in [6.45, 7) is 4.75. The topological polar surface area (TPSA) is 32.7 Å². The Morgan fingerprint density at radius 3 is 3.00 bits per heavy atom. The molecule has 0 bridgehead atoms. The number of para-hydroxylation sites is 1. The average Bonchev–Trinajstić information content (AvgIpc) is 2.31. The molecule has 0 amide bonds. The van der Waals surface area contributed by atoms with Crippen LogP contribution in [0.4, 0.5) is 5.69 Å². The Balaban J connectivity index is 2.19. The molecule has 0 aliphatic carbocycles. The Morgan fingerprint density at radius 2 is 2.25 bits per heavy atom. The molecular formula is C13H19NO2. The maximum Gasteiger partial charge on any atom is 0.0671 e. The summed E-state index contributed by atoms with van der Waals surface area (Å²) in [7, 11) is 0. The van der Waals surface area contributed by atoms with E-state index < -0.39 is 0 Å². The van der Waals surface area contributed by atoms with Crippen LogP contribution < -0.4 is 4.90 Å². The number of hydrogen-bond donors (Lipinski definition) is 1. The van der Waals surface area contributed by atoms with Crippen molar-refractivity contribution < 1.29 is 9.84 Å². The first-order valence-electron chi connectivity index (χ1n) is 5.84. The van der Waals surface area contributed by atoms with Crippen molar-refractivity contribution in [2.24, 2.45) is 0 Å². The summed E-state index contributed by atoms with van der Waals surface area (Å²) in [5.74, 6) is 0. The van der Waals surface area contributed by atoms with E-state index in [-0.39, 0.29) is 6.61 Å². The molecular weight excluding hydrogens is 202 g/mol. The minimum absolute atomic E-state index is 0.219. The van der Waals surface area contributed by atoms with Crippen molar-refractivity contribution in [2.45, 2.75) is 19.4 Å². The van der Waals surface area contributed by atoms with E-state index in [0.29, 0.717) is 6.04 Å². The zero-order valence-corrected chi connectivity index (χ0v) is 9.72. The van der Waals surface area contributed by atoms with Crippen molar-refractivity contribution in [3.63, 3.8) is 0 Å². The zero-order chi connectivity index (χ0) is 11.4. The number of aliphatic hydroxyl groups excluding tert-OH is 1. The van der Waals surface area contributed by atoms with Crippen LogP contribution in [-0.4, -0.2) is 37.5 Å². The lowest BCUT2D eigenvalue weighted by Gasteiger charge is -2.38. The lowest BCUT2D eigenvalue weighted by Crippen LogP contribution is -2.46. The zero-order valence-electron chi connectivity index (χ0n) is 9.72. The predicted octanol–water partition coefficient (Wildman–Crippen LogP) is 1.58. The highest BCUT2D eigenvalue weighted by atomic mass is 16.5. The summed E-state index contributed by atoms with van der Waals surface area (Å²) in [6, 6.07) is 8.69. The Morgan fingerprint density at radius 1 is 1.44 bits per heavy atom. The Labute approximate surface area is 96.6 Å². The van der Waals surface area contributed by atoms with E-state index in [2.05, 4.69) is 36.1 Å². The lowest BCUT2D eigenvalue weighted by atomic mass is 10.1. The molecule has 1 fully saturated rings. The molecule has 1 aromatic carbocycles. The molecule has 0 spiro atoms. The van der Waals surface area contributed by atoms with Gasteiger partial charge in [0, 0.05) is 18.8 Å². The number of aryl methyl sites for hydroxylation is 1. The second-order valence-electron chi connectivity index (χ2n) is 4.22. The third kappa shape index (κ3) is 2.36. The SMILES string of the molecule is Cc1ccccc1N1CCOCC1CCO. The number of hydrogen-bond acceptors (Lipinski definition) is 3. The molecule has 0 aromatic heterocycles. The standard InChI is InChI=1S/C13H19NO2/c1-11-4-2-3-5-13(11)14-7-9-16-10-12(14)6-8-15/h2-5,12,15H,6-10H2,1H3. The monoisotopic (exact) mass is 221 g/mol. The quantitative estimate of drug-likeness (QED) is 0.841. The summed E-state index contributed by atoms with van der Waals surface area (Å²) in [4.78, 5) is 2.36. The number of ether oxygens (including phenoxy) is 1. The van der Waals surface area contributed by atoms with Crippen molar-refractivity contribution in [2.75, 3.05) is 31.3 Å². The second kappa shape index (κ2) is 5.32. The summed E-state index contributed by atoms with van der Waals surface area (Å²) in [5.41, 5.74) is 2.55. The molecule has 3 heteroatoms. The van der Waals surface area contributed by atoms with Crippen molar-refractivity contribution in [1.82, 2.24) is 0 Å².